The average Bonchev–Trinajstić information content (AvgIpc) is 2.73. The summed E-state index contributed by atoms with van der Waals surface area (Å²) in [6, 6.07) is 10.7. The zero-order valence-corrected chi connectivity index (χ0v) is 12.6. The van der Waals surface area contributed by atoms with Gasteiger partial charge in [-0.1, -0.05) is 38.1 Å². The summed E-state index contributed by atoms with van der Waals surface area (Å²) in [5, 5.41) is 0. The Balaban J connectivity index is 2.05. The molecule has 2 heterocycles. The highest BCUT2D eigenvalue weighted by molar-refractivity contribution is 5.32. The molecule has 2 aliphatic heterocycles. The van der Waals surface area contributed by atoms with E-state index >= 15 is 0 Å². The predicted molar refractivity (Wildman–Crippen MR) is 79.9 cm³/mol. The van der Waals surface area contributed by atoms with Gasteiger partial charge in [-0.25, -0.2) is 0 Å². The standard InChI is InChI=1S/C17H27N2/c1-4-10-19-13-14-8-6-7-9-16(14)17(19)12-18(3)11-15(19)5-2/h6-9,15,17H,4-5,10-13H2,1-3H3/q+1. The van der Waals surface area contributed by atoms with Crippen LogP contribution in [0.2, 0.25) is 0 Å². The number of quaternary nitrogens is 1. The van der Waals surface area contributed by atoms with Crippen LogP contribution in [0.15, 0.2) is 24.3 Å². The van der Waals surface area contributed by atoms with Gasteiger partial charge in [-0.3, -0.25) is 4.90 Å². The van der Waals surface area contributed by atoms with Gasteiger partial charge in [0.05, 0.1) is 19.6 Å². The van der Waals surface area contributed by atoms with Gasteiger partial charge in [0.2, 0.25) is 0 Å². The molecule has 1 aromatic rings. The van der Waals surface area contributed by atoms with Crippen molar-refractivity contribution in [3.8, 4) is 0 Å². The Hall–Kier alpha value is -0.860. The van der Waals surface area contributed by atoms with Gasteiger partial charge in [0.1, 0.15) is 18.6 Å². The molecule has 0 radical (unpaired) electrons. The quantitative estimate of drug-likeness (QED) is 0.754. The lowest BCUT2D eigenvalue weighted by molar-refractivity contribution is -0.989. The molecule has 2 heteroatoms. The van der Waals surface area contributed by atoms with Crippen LogP contribution in [0, 0.1) is 0 Å². The van der Waals surface area contributed by atoms with Gasteiger partial charge in [-0.2, -0.15) is 0 Å². The molecule has 1 fully saturated rings. The summed E-state index contributed by atoms with van der Waals surface area (Å²) in [4.78, 5) is 2.55. The summed E-state index contributed by atoms with van der Waals surface area (Å²) in [6.07, 6.45) is 2.60. The number of likely N-dealkylation sites (N-methyl/N-ethyl adjacent to an activating group) is 1. The SMILES string of the molecule is CCC[N+]12Cc3ccccc3C1CN(C)CC2CC. The lowest BCUT2D eigenvalue weighted by Crippen LogP contribution is -2.63. The molecule has 19 heavy (non-hydrogen) atoms. The Kier molecular flexibility index (Phi) is 3.40. The van der Waals surface area contributed by atoms with Crippen molar-refractivity contribution < 1.29 is 4.48 Å². The maximum Gasteiger partial charge on any atom is 0.128 e. The number of fused-ring (bicyclic) bond motifs is 3. The average molecular weight is 259 g/mol. The van der Waals surface area contributed by atoms with Crippen LogP contribution in [0.5, 0.6) is 0 Å². The van der Waals surface area contributed by atoms with Crippen molar-refractivity contribution in [3.63, 3.8) is 0 Å². The predicted octanol–water partition coefficient (Wildman–Crippen LogP) is 3.19. The molecule has 1 aromatic carbocycles. The highest BCUT2D eigenvalue weighted by atomic mass is 15.5. The molecule has 0 N–H and O–H groups in total. The van der Waals surface area contributed by atoms with E-state index in [1.54, 1.807) is 11.1 Å². The van der Waals surface area contributed by atoms with E-state index in [-0.39, 0.29) is 0 Å². The smallest absolute Gasteiger partial charge is 0.128 e. The fourth-order valence-electron chi connectivity index (χ4n) is 4.57. The van der Waals surface area contributed by atoms with E-state index in [1.807, 2.05) is 0 Å². The van der Waals surface area contributed by atoms with Gasteiger partial charge < -0.3 is 4.48 Å². The van der Waals surface area contributed by atoms with Crippen LogP contribution in [0.25, 0.3) is 0 Å². The first kappa shape index (κ1) is 13.1. The Bertz CT molecular complexity index is 456. The van der Waals surface area contributed by atoms with Crippen LogP contribution in [-0.2, 0) is 6.54 Å². The number of nitrogens with zero attached hydrogens (tertiary/aromatic N) is 2. The monoisotopic (exact) mass is 259 g/mol. The van der Waals surface area contributed by atoms with Crippen LogP contribution < -0.4 is 0 Å². The zero-order chi connectivity index (χ0) is 13.5. The first-order chi connectivity index (χ1) is 9.21. The summed E-state index contributed by atoms with van der Waals surface area (Å²) in [6.45, 7) is 9.82. The second-order valence-electron chi connectivity index (χ2n) is 6.48. The molecule has 0 aliphatic carbocycles. The second-order valence-corrected chi connectivity index (χ2v) is 6.48. The molecular weight excluding hydrogens is 232 g/mol. The first-order valence-electron chi connectivity index (χ1n) is 7.84. The summed E-state index contributed by atoms with van der Waals surface area (Å²) >= 11 is 0. The minimum absolute atomic E-state index is 0.708. The molecular formula is C17H27N2+. The molecule has 0 amide bonds. The Morgan fingerprint density at radius 2 is 2.00 bits per heavy atom. The molecule has 2 nitrogen and oxygen atoms in total. The third kappa shape index (κ3) is 1.93. The highest BCUT2D eigenvalue weighted by Gasteiger charge is 2.52. The fourth-order valence-corrected chi connectivity index (χ4v) is 4.57. The molecule has 0 aromatic heterocycles. The Morgan fingerprint density at radius 1 is 1.21 bits per heavy atom. The summed E-state index contributed by atoms with van der Waals surface area (Å²) in [5.74, 6) is 0. The van der Waals surface area contributed by atoms with E-state index in [0.29, 0.717) is 6.04 Å². The van der Waals surface area contributed by atoms with E-state index in [0.717, 1.165) is 6.04 Å². The van der Waals surface area contributed by atoms with Gasteiger partial charge in [-0.15, -0.1) is 0 Å². The molecule has 3 atom stereocenters. The lowest BCUT2D eigenvalue weighted by Gasteiger charge is -2.52. The van der Waals surface area contributed by atoms with Crippen molar-refractivity contribution in [1.29, 1.82) is 0 Å². The minimum Gasteiger partial charge on any atom is -0.309 e. The normalized spacial score (nSPS) is 34.1. The minimum atomic E-state index is 0.708. The van der Waals surface area contributed by atoms with Crippen LogP contribution in [0.1, 0.15) is 43.9 Å². The summed E-state index contributed by atoms with van der Waals surface area (Å²) in [7, 11) is 2.30. The number of benzene rings is 1. The maximum absolute atomic E-state index is 2.55. The van der Waals surface area contributed by atoms with Crippen LogP contribution in [0.4, 0.5) is 0 Å². The van der Waals surface area contributed by atoms with E-state index in [9.17, 15) is 0 Å². The molecule has 0 saturated carbocycles. The van der Waals surface area contributed by atoms with E-state index < -0.39 is 0 Å². The maximum atomic E-state index is 2.55. The van der Waals surface area contributed by atoms with Gasteiger partial charge in [0, 0.05) is 11.1 Å². The van der Waals surface area contributed by atoms with E-state index in [4.69, 9.17) is 0 Å². The van der Waals surface area contributed by atoms with Crippen LogP contribution >= 0.6 is 0 Å². The molecule has 1 saturated heterocycles. The second kappa shape index (κ2) is 4.92. The van der Waals surface area contributed by atoms with Crippen LogP contribution in [0.3, 0.4) is 0 Å². The van der Waals surface area contributed by atoms with Gasteiger partial charge in [-0.05, 0) is 19.9 Å². The third-order valence-electron chi connectivity index (χ3n) is 5.34. The fraction of sp³-hybridized carbons (Fsp3) is 0.647. The van der Waals surface area contributed by atoms with Crippen molar-refractivity contribution in [2.24, 2.45) is 0 Å². The van der Waals surface area contributed by atoms with Gasteiger partial charge >= 0.3 is 0 Å². The van der Waals surface area contributed by atoms with Gasteiger partial charge in [0.15, 0.2) is 0 Å². The molecule has 3 unspecified atom stereocenters. The molecule has 0 spiro atoms. The van der Waals surface area contributed by atoms with Gasteiger partial charge in [0.25, 0.3) is 0 Å². The lowest BCUT2D eigenvalue weighted by atomic mass is 9.97. The number of rotatable bonds is 3. The van der Waals surface area contributed by atoms with Crippen molar-refractivity contribution in [3.05, 3.63) is 35.4 Å². The number of piperazine rings is 1. The summed E-state index contributed by atoms with van der Waals surface area (Å²) < 4.78 is 1.33. The van der Waals surface area contributed by atoms with Crippen LogP contribution in [-0.4, -0.2) is 42.1 Å². The molecule has 3 rings (SSSR count). The molecule has 0 bridgehead atoms. The largest absolute Gasteiger partial charge is 0.309 e. The number of hydrogen-bond acceptors (Lipinski definition) is 1. The Labute approximate surface area is 117 Å². The Morgan fingerprint density at radius 3 is 2.74 bits per heavy atom. The number of hydrogen-bond donors (Lipinski definition) is 0. The molecule has 2 aliphatic rings. The van der Waals surface area contributed by atoms with Crippen molar-refractivity contribution >= 4 is 0 Å². The first-order valence-corrected chi connectivity index (χ1v) is 7.84. The van der Waals surface area contributed by atoms with E-state index in [1.165, 1.54) is 43.5 Å². The molecule has 104 valence electrons. The van der Waals surface area contributed by atoms with Crippen molar-refractivity contribution in [2.45, 2.75) is 45.3 Å². The highest BCUT2D eigenvalue weighted by Crippen LogP contribution is 2.46. The van der Waals surface area contributed by atoms with E-state index in [2.05, 4.69) is 50.1 Å². The topological polar surface area (TPSA) is 3.24 Å². The van der Waals surface area contributed by atoms with Crippen molar-refractivity contribution in [2.75, 3.05) is 26.7 Å². The van der Waals surface area contributed by atoms with Crippen molar-refractivity contribution in [1.82, 2.24) is 4.90 Å². The third-order valence-corrected chi connectivity index (χ3v) is 5.34. The zero-order valence-electron chi connectivity index (χ0n) is 12.6. The summed E-state index contributed by atoms with van der Waals surface area (Å²) in [5.41, 5.74) is 3.23.